The molecule has 0 aromatic carbocycles. The molecule has 1 aliphatic rings. The Labute approximate surface area is 385 Å². The van der Waals surface area contributed by atoms with Crippen LogP contribution in [0, 0.1) is 0 Å². The number of hydrogen-bond donors (Lipinski definition) is 6. The molecule has 63 heavy (non-hydrogen) atoms. The molecule has 0 bridgehead atoms. The molecule has 1 rings (SSSR count). The Morgan fingerprint density at radius 3 is 1.52 bits per heavy atom. The van der Waals surface area contributed by atoms with Crippen LogP contribution in [0.5, 0.6) is 0 Å². The summed E-state index contributed by atoms with van der Waals surface area (Å²) in [6.07, 6.45) is 52.4. The lowest BCUT2D eigenvalue weighted by molar-refractivity contribution is -0.302. The van der Waals surface area contributed by atoms with Gasteiger partial charge in [0.1, 0.15) is 24.4 Å². The van der Waals surface area contributed by atoms with Crippen LogP contribution in [0.1, 0.15) is 206 Å². The van der Waals surface area contributed by atoms with Crippen LogP contribution in [0.4, 0.5) is 0 Å². The standard InChI is InChI=1S/C54H95NO8/c1-3-5-7-9-11-13-15-17-19-20-21-22-23-24-25-26-27-28-30-32-34-36-38-40-42-44-50(58)55-47(46-62-54-53(61)52(60)51(59)49(45-56)63-54)48(57)43-41-39-37-35-33-31-29-18-16-14-12-10-8-6-4-2/h5,7,11,13,17,19,21-22,33,35,41,43,47-49,51-54,56-57,59-61H,3-4,6,8-10,12,14-16,18,20,23-32,34,36-40,42,44-46H2,1-2H3,(H,55,58)/b7-5-,13-11-,19-17-,22-21-,35-33+,43-41+. The SMILES string of the molecule is CC/C=C\C/C=C\C/C=C\C/C=C\CCCCCCCCCCCCCCC(=O)NC(COC1OC(CO)C(O)C(O)C1O)C(O)/C=C/CC/C=C/CCCCCCCCCCC. The zero-order valence-corrected chi connectivity index (χ0v) is 40.1. The molecule has 7 unspecified atom stereocenters. The number of ether oxygens (including phenoxy) is 2. The van der Waals surface area contributed by atoms with Gasteiger partial charge in [0.05, 0.1) is 25.4 Å². The van der Waals surface area contributed by atoms with E-state index in [0.29, 0.717) is 6.42 Å². The number of rotatable bonds is 42. The molecule has 1 amide bonds. The second-order valence-electron chi connectivity index (χ2n) is 17.6. The lowest BCUT2D eigenvalue weighted by Crippen LogP contribution is -2.60. The van der Waals surface area contributed by atoms with Gasteiger partial charge in [-0.3, -0.25) is 4.79 Å². The lowest BCUT2D eigenvalue weighted by Gasteiger charge is -2.40. The van der Waals surface area contributed by atoms with Crippen LogP contribution in [-0.4, -0.2) is 87.5 Å². The maximum absolute atomic E-state index is 13.0. The normalized spacial score (nSPS) is 20.8. The summed E-state index contributed by atoms with van der Waals surface area (Å²) in [6, 6.07) is -0.825. The average molecular weight is 886 g/mol. The first-order valence-corrected chi connectivity index (χ1v) is 25.7. The molecule has 1 aliphatic heterocycles. The van der Waals surface area contributed by atoms with Crippen molar-refractivity contribution in [2.45, 2.75) is 249 Å². The van der Waals surface area contributed by atoms with Crippen molar-refractivity contribution >= 4 is 5.91 Å². The second-order valence-corrected chi connectivity index (χ2v) is 17.6. The zero-order valence-electron chi connectivity index (χ0n) is 40.1. The maximum Gasteiger partial charge on any atom is 0.220 e. The van der Waals surface area contributed by atoms with E-state index in [1.165, 1.54) is 122 Å². The number of allylic oxidation sites excluding steroid dienone is 11. The van der Waals surface area contributed by atoms with Crippen molar-refractivity contribution in [2.24, 2.45) is 0 Å². The van der Waals surface area contributed by atoms with E-state index in [1.54, 1.807) is 6.08 Å². The Balaban J connectivity index is 2.28. The van der Waals surface area contributed by atoms with Gasteiger partial charge >= 0.3 is 0 Å². The third-order valence-electron chi connectivity index (χ3n) is 11.8. The van der Waals surface area contributed by atoms with Crippen molar-refractivity contribution in [1.82, 2.24) is 5.32 Å². The van der Waals surface area contributed by atoms with Gasteiger partial charge in [0.25, 0.3) is 0 Å². The Morgan fingerprint density at radius 1 is 0.556 bits per heavy atom. The van der Waals surface area contributed by atoms with Gasteiger partial charge in [-0.05, 0) is 70.6 Å². The molecule has 1 saturated heterocycles. The smallest absolute Gasteiger partial charge is 0.220 e. The summed E-state index contributed by atoms with van der Waals surface area (Å²) in [6.45, 7) is 3.64. The Kier molecular flexibility index (Phi) is 40.5. The molecule has 0 aromatic heterocycles. The van der Waals surface area contributed by atoms with Crippen molar-refractivity contribution in [2.75, 3.05) is 13.2 Å². The molecule has 9 nitrogen and oxygen atoms in total. The molecule has 6 N–H and O–H groups in total. The molecule has 0 aliphatic carbocycles. The Morgan fingerprint density at radius 2 is 1.00 bits per heavy atom. The van der Waals surface area contributed by atoms with Crippen molar-refractivity contribution in [3.05, 3.63) is 72.9 Å². The lowest BCUT2D eigenvalue weighted by atomic mass is 9.99. The van der Waals surface area contributed by atoms with Crippen LogP contribution in [0.15, 0.2) is 72.9 Å². The molecule has 0 aromatic rings. The average Bonchev–Trinajstić information content (AvgIpc) is 3.28. The highest BCUT2D eigenvalue weighted by Gasteiger charge is 2.44. The minimum absolute atomic E-state index is 0.192. The van der Waals surface area contributed by atoms with E-state index in [2.05, 4.69) is 79.9 Å². The number of aliphatic hydroxyl groups excluding tert-OH is 5. The summed E-state index contributed by atoms with van der Waals surface area (Å²) >= 11 is 0. The molecule has 364 valence electrons. The van der Waals surface area contributed by atoms with Gasteiger partial charge in [-0.1, -0.05) is 202 Å². The van der Waals surface area contributed by atoms with Gasteiger partial charge in [-0.25, -0.2) is 0 Å². The number of amides is 1. The summed E-state index contributed by atoms with van der Waals surface area (Å²) in [7, 11) is 0. The first kappa shape index (κ1) is 58.6. The predicted octanol–water partition coefficient (Wildman–Crippen LogP) is 11.7. The quantitative estimate of drug-likeness (QED) is 0.0262. The number of aliphatic hydroxyl groups is 5. The van der Waals surface area contributed by atoms with E-state index < -0.39 is 49.5 Å². The fourth-order valence-corrected chi connectivity index (χ4v) is 7.69. The predicted molar refractivity (Wildman–Crippen MR) is 262 cm³/mol. The fraction of sp³-hybridized carbons (Fsp3) is 0.759. The van der Waals surface area contributed by atoms with Crippen LogP contribution < -0.4 is 5.32 Å². The van der Waals surface area contributed by atoms with E-state index in [1.807, 2.05) is 6.08 Å². The van der Waals surface area contributed by atoms with Gasteiger partial charge < -0.3 is 40.3 Å². The largest absolute Gasteiger partial charge is 0.394 e. The number of unbranched alkanes of at least 4 members (excludes halogenated alkanes) is 22. The highest BCUT2D eigenvalue weighted by molar-refractivity contribution is 5.76. The van der Waals surface area contributed by atoms with Gasteiger partial charge in [0.2, 0.25) is 5.91 Å². The van der Waals surface area contributed by atoms with Crippen molar-refractivity contribution < 1.29 is 39.8 Å². The zero-order chi connectivity index (χ0) is 45.9. The molecule has 0 spiro atoms. The van der Waals surface area contributed by atoms with E-state index in [9.17, 15) is 30.3 Å². The van der Waals surface area contributed by atoms with E-state index in [4.69, 9.17) is 9.47 Å². The van der Waals surface area contributed by atoms with Gasteiger partial charge in [0, 0.05) is 6.42 Å². The van der Waals surface area contributed by atoms with E-state index >= 15 is 0 Å². The summed E-state index contributed by atoms with van der Waals surface area (Å²) in [4.78, 5) is 13.0. The molecule has 7 atom stereocenters. The van der Waals surface area contributed by atoms with Crippen LogP contribution in [0.25, 0.3) is 0 Å². The summed E-state index contributed by atoms with van der Waals surface area (Å²) in [5.41, 5.74) is 0. The van der Waals surface area contributed by atoms with Crippen LogP contribution in [0.3, 0.4) is 0 Å². The molecule has 1 heterocycles. The Hall–Kier alpha value is -2.37. The molecule has 1 fully saturated rings. The van der Waals surface area contributed by atoms with Crippen LogP contribution in [0.2, 0.25) is 0 Å². The Bertz CT molecular complexity index is 1210. The first-order chi connectivity index (χ1) is 30.8. The number of carbonyl (C=O) groups is 1. The van der Waals surface area contributed by atoms with Crippen molar-refractivity contribution in [3.63, 3.8) is 0 Å². The van der Waals surface area contributed by atoms with Gasteiger partial charge in [-0.2, -0.15) is 0 Å². The third-order valence-corrected chi connectivity index (χ3v) is 11.8. The van der Waals surface area contributed by atoms with Crippen LogP contribution >= 0.6 is 0 Å². The number of hydrogen-bond acceptors (Lipinski definition) is 8. The van der Waals surface area contributed by atoms with Crippen molar-refractivity contribution in [1.29, 1.82) is 0 Å². The summed E-state index contributed by atoms with van der Waals surface area (Å²) < 4.78 is 11.2. The fourth-order valence-electron chi connectivity index (χ4n) is 7.69. The second kappa shape index (κ2) is 43.5. The topological polar surface area (TPSA) is 149 Å². The maximum atomic E-state index is 13.0. The number of carbonyl (C=O) groups excluding carboxylic acids is 1. The number of nitrogens with one attached hydrogen (secondary N) is 1. The highest BCUT2D eigenvalue weighted by Crippen LogP contribution is 2.22. The van der Waals surface area contributed by atoms with E-state index in [-0.39, 0.29) is 12.5 Å². The molecule has 0 radical (unpaired) electrons. The van der Waals surface area contributed by atoms with Crippen molar-refractivity contribution in [3.8, 4) is 0 Å². The molecular weight excluding hydrogens is 791 g/mol. The van der Waals surface area contributed by atoms with Crippen LogP contribution in [-0.2, 0) is 14.3 Å². The van der Waals surface area contributed by atoms with E-state index in [0.717, 1.165) is 64.2 Å². The van der Waals surface area contributed by atoms with Gasteiger partial charge in [0.15, 0.2) is 6.29 Å². The molecular formula is C54H95NO8. The highest BCUT2D eigenvalue weighted by atomic mass is 16.7. The minimum Gasteiger partial charge on any atom is -0.394 e. The monoisotopic (exact) mass is 886 g/mol. The first-order valence-electron chi connectivity index (χ1n) is 25.7. The molecule has 0 saturated carbocycles. The summed E-state index contributed by atoms with van der Waals surface area (Å²) in [5.74, 6) is -0.192. The summed E-state index contributed by atoms with van der Waals surface area (Å²) in [5, 5.41) is 54.3. The minimum atomic E-state index is -1.57. The van der Waals surface area contributed by atoms with Gasteiger partial charge in [-0.15, -0.1) is 0 Å². The third kappa shape index (κ3) is 33.7. The molecule has 9 heteroatoms.